The van der Waals surface area contributed by atoms with E-state index in [0.717, 1.165) is 24.2 Å². The van der Waals surface area contributed by atoms with Crippen molar-refractivity contribution in [2.45, 2.75) is 118 Å². The van der Waals surface area contributed by atoms with E-state index in [1.54, 1.807) is 24.3 Å². The molecule has 1 saturated heterocycles. The molecule has 7 amide bonds. The summed E-state index contributed by atoms with van der Waals surface area (Å²) in [7, 11) is 0. The lowest BCUT2D eigenvalue weighted by molar-refractivity contribution is -0.144. The van der Waals surface area contributed by atoms with Crippen LogP contribution >= 0.6 is 0 Å². The van der Waals surface area contributed by atoms with Gasteiger partial charge in [0.15, 0.2) is 0 Å². The topological polar surface area (TPSA) is 188 Å². The van der Waals surface area contributed by atoms with E-state index in [4.69, 9.17) is 5.73 Å². The number of ketones is 1. The molecule has 1 aromatic rings. The molecule has 0 radical (unpaired) electrons. The molecule has 0 spiro atoms. The summed E-state index contributed by atoms with van der Waals surface area (Å²) in [6.07, 6.45) is 4.65. The van der Waals surface area contributed by atoms with Crippen LogP contribution in [0.2, 0.25) is 0 Å². The zero-order chi connectivity index (χ0) is 38.0. The molecular formula is C38H56N6O7. The molecule has 13 heteroatoms. The molecule has 2 heterocycles. The summed E-state index contributed by atoms with van der Waals surface area (Å²) in [5, 5.41) is 8.53. The lowest BCUT2D eigenvalue weighted by atomic mass is 9.84. The van der Waals surface area contributed by atoms with Gasteiger partial charge in [-0.3, -0.25) is 33.7 Å². The third-order valence-corrected chi connectivity index (χ3v) is 10.5. The van der Waals surface area contributed by atoms with Crippen molar-refractivity contribution in [1.29, 1.82) is 0 Å². The summed E-state index contributed by atoms with van der Waals surface area (Å²) in [5.41, 5.74) is 4.59. The Hall–Kier alpha value is -4.29. The van der Waals surface area contributed by atoms with E-state index < -0.39 is 76.3 Å². The highest BCUT2D eigenvalue weighted by molar-refractivity contribution is 6.37. The van der Waals surface area contributed by atoms with Crippen LogP contribution in [0.4, 0.5) is 4.79 Å². The van der Waals surface area contributed by atoms with E-state index in [0.29, 0.717) is 29.9 Å². The van der Waals surface area contributed by atoms with E-state index in [1.165, 1.54) is 4.90 Å². The van der Waals surface area contributed by atoms with Gasteiger partial charge in [0.1, 0.15) is 12.1 Å². The number of nitrogens with two attached hydrogens (primary N) is 1. The fourth-order valence-corrected chi connectivity index (χ4v) is 7.08. The maximum atomic E-state index is 14.4. The minimum absolute atomic E-state index is 0.0118. The number of urea groups is 1. The second kappa shape index (κ2) is 15.5. The van der Waals surface area contributed by atoms with Crippen LogP contribution in [0.1, 0.15) is 115 Å². The number of hydrogen-bond acceptors (Lipinski definition) is 7. The first-order valence-electron chi connectivity index (χ1n) is 18.2. The standard InChI is InChI=1S/C38H56N6O7/c1-21(2)23-18-19-43(28(23)32(47)40-26(29(45)31(39)46)15-11-12-22-16-17-22)35(50)30(38(6,7)8)42-36(51)41-27(37(3,4)5)20-44-33(48)24-13-9-10-14-25(24)34(44)49/h9-10,13-14,21-23,26-28,30H,11-12,15-20H2,1-8H3,(H2,39,46)(H,40,47)(H2,41,42,51)/t23-,26?,27-,28+,30-/m1/s1. The average Bonchev–Trinajstić information content (AvgIpc) is 3.70. The quantitative estimate of drug-likeness (QED) is 0.168. The van der Waals surface area contributed by atoms with Crippen LogP contribution in [0.15, 0.2) is 24.3 Å². The van der Waals surface area contributed by atoms with Gasteiger partial charge in [0.05, 0.1) is 29.8 Å². The molecule has 5 atom stereocenters. The SMILES string of the molecule is CC(C)[C@H]1CCN(C(=O)[C@@H](NC(=O)N[C@H](CN2C(=O)c3ccccc3C2=O)C(C)(C)C)C(C)(C)C)[C@@H]1C(=O)NC(CCCC1CC1)C(=O)C(N)=O. The number of primary amides is 1. The molecule has 4 rings (SSSR count). The first kappa shape index (κ1) is 39.5. The maximum absolute atomic E-state index is 14.4. The number of rotatable bonds is 14. The van der Waals surface area contributed by atoms with E-state index in [-0.39, 0.29) is 31.3 Å². The van der Waals surface area contributed by atoms with Crippen molar-refractivity contribution in [1.82, 2.24) is 25.8 Å². The van der Waals surface area contributed by atoms with Crippen molar-refractivity contribution in [2.75, 3.05) is 13.1 Å². The van der Waals surface area contributed by atoms with Gasteiger partial charge in [-0.05, 0) is 53.6 Å². The van der Waals surface area contributed by atoms with Crippen LogP contribution < -0.4 is 21.7 Å². The van der Waals surface area contributed by atoms with E-state index in [2.05, 4.69) is 16.0 Å². The van der Waals surface area contributed by atoms with Gasteiger partial charge in [-0.2, -0.15) is 0 Å². The van der Waals surface area contributed by atoms with Crippen LogP contribution in [0, 0.1) is 28.6 Å². The third-order valence-electron chi connectivity index (χ3n) is 10.5. The fraction of sp³-hybridized carbons (Fsp3) is 0.658. The summed E-state index contributed by atoms with van der Waals surface area (Å²) >= 11 is 0. The lowest BCUT2D eigenvalue weighted by Gasteiger charge is -2.38. The van der Waals surface area contributed by atoms with Gasteiger partial charge in [0.2, 0.25) is 17.6 Å². The Balaban J connectivity index is 1.52. The number of carbonyl (C=O) groups excluding carboxylic acids is 7. The molecule has 51 heavy (non-hydrogen) atoms. The van der Waals surface area contributed by atoms with Crippen molar-refractivity contribution in [3.63, 3.8) is 0 Å². The number of fused-ring (bicyclic) bond motifs is 1. The Morgan fingerprint density at radius 3 is 1.94 bits per heavy atom. The lowest BCUT2D eigenvalue weighted by Crippen LogP contribution is -2.62. The fourth-order valence-electron chi connectivity index (χ4n) is 7.08. The van der Waals surface area contributed by atoms with Gasteiger partial charge in [0.25, 0.3) is 17.7 Å². The predicted molar refractivity (Wildman–Crippen MR) is 191 cm³/mol. The molecule has 280 valence electrons. The molecule has 5 N–H and O–H groups in total. The highest BCUT2D eigenvalue weighted by atomic mass is 16.2. The van der Waals surface area contributed by atoms with Crippen molar-refractivity contribution in [3.8, 4) is 0 Å². The molecule has 1 aromatic carbocycles. The molecular weight excluding hydrogens is 652 g/mol. The Morgan fingerprint density at radius 1 is 0.863 bits per heavy atom. The number of benzene rings is 1. The molecule has 1 aliphatic carbocycles. The highest BCUT2D eigenvalue weighted by Gasteiger charge is 2.48. The molecule has 2 fully saturated rings. The van der Waals surface area contributed by atoms with Crippen molar-refractivity contribution in [3.05, 3.63) is 35.4 Å². The summed E-state index contributed by atoms with van der Waals surface area (Å²) in [6, 6.07) is 2.15. The van der Waals surface area contributed by atoms with E-state index in [9.17, 15) is 33.6 Å². The van der Waals surface area contributed by atoms with E-state index >= 15 is 0 Å². The molecule has 2 aliphatic heterocycles. The van der Waals surface area contributed by atoms with Gasteiger partial charge in [-0.1, -0.05) is 93.2 Å². The molecule has 0 bridgehead atoms. The zero-order valence-corrected chi connectivity index (χ0v) is 31.3. The zero-order valence-electron chi connectivity index (χ0n) is 31.3. The second-order valence-corrected chi connectivity index (χ2v) is 16.9. The van der Waals surface area contributed by atoms with Crippen molar-refractivity contribution < 1.29 is 33.6 Å². The summed E-state index contributed by atoms with van der Waals surface area (Å²) in [6.45, 7) is 15.2. The first-order chi connectivity index (χ1) is 23.7. The smallest absolute Gasteiger partial charge is 0.315 e. The summed E-state index contributed by atoms with van der Waals surface area (Å²) in [5.74, 6) is -3.45. The van der Waals surface area contributed by atoms with Crippen LogP contribution in [0.3, 0.4) is 0 Å². The van der Waals surface area contributed by atoms with Gasteiger partial charge in [-0.25, -0.2) is 4.79 Å². The molecule has 0 aromatic heterocycles. The summed E-state index contributed by atoms with van der Waals surface area (Å²) < 4.78 is 0. The van der Waals surface area contributed by atoms with Gasteiger partial charge in [-0.15, -0.1) is 0 Å². The Bertz CT molecular complexity index is 1500. The van der Waals surface area contributed by atoms with Crippen LogP contribution in [-0.2, 0) is 19.2 Å². The van der Waals surface area contributed by atoms with E-state index in [1.807, 2.05) is 55.4 Å². The van der Waals surface area contributed by atoms with Gasteiger partial charge in [0, 0.05) is 6.54 Å². The normalized spacial score (nSPS) is 20.9. The molecule has 1 unspecified atom stereocenters. The third kappa shape index (κ3) is 9.34. The van der Waals surface area contributed by atoms with Crippen LogP contribution in [0.5, 0.6) is 0 Å². The number of Topliss-reactive ketones (excluding diaryl/α,β-unsaturated/α-hetero) is 1. The maximum Gasteiger partial charge on any atom is 0.315 e. The monoisotopic (exact) mass is 708 g/mol. The minimum atomic E-state index is -1.12. The van der Waals surface area contributed by atoms with Crippen molar-refractivity contribution in [2.24, 2.45) is 34.3 Å². The Labute approximate surface area is 301 Å². The number of carbonyl (C=O) groups is 7. The van der Waals surface area contributed by atoms with Gasteiger partial charge < -0.3 is 26.6 Å². The molecule has 3 aliphatic rings. The minimum Gasteiger partial charge on any atom is -0.363 e. The first-order valence-corrected chi connectivity index (χ1v) is 18.2. The largest absolute Gasteiger partial charge is 0.363 e. The van der Waals surface area contributed by atoms with Gasteiger partial charge >= 0.3 is 6.03 Å². The molecule has 13 nitrogen and oxygen atoms in total. The number of amides is 7. The number of nitrogens with zero attached hydrogens (tertiary/aromatic N) is 2. The predicted octanol–water partition coefficient (Wildman–Crippen LogP) is 3.40. The number of hydrogen-bond donors (Lipinski definition) is 4. The number of likely N-dealkylation sites (tertiary alicyclic amines) is 1. The van der Waals surface area contributed by atoms with Crippen molar-refractivity contribution >= 4 is 41.4 Å². The van der Waals surface area contributed by atoms with Crippen LogP contribution in [-0.4, -0.2) is 88.4 Å². The number of nitrogens with one attached hydrogen (secondary N) is 3. The Kier molecular flexibility index (Phi) is 12.0. The molecule has 1 saturated carbocycles. The second-order valence-electron chi connectivity index (χ2n) is 16.9. The Morgan fingerprint density at radius 2 is 1.45 bits per heavy atom. The van der Waals surface area contributed by atoms with Crippen LogP contribution in [0.25, 0.3) is 0 Å². The number of imide groups is 1. The highest BCUT2D eigenvalue weighted by Crippen LogP contribution is 2.35. The average molecular weight is 709 g/mol. The summed E-state index contributed by atoms with van der Waals surface area (Å²) in [4.78, 5) is 95.7.